The highest BCUT2D eigenvalue weighted by Gasteiger charge is 2.41. The first-order chi connectivity index (χ1) is 17.4. The zero-order chi connectivity index (χ0) is 25.5. The van der Waals surface area contributed by atoms with E-state index in [1.165, 1.54) is 44.1 Å². The maximum atomic E-state index is 15.6. The molecule has 0 radical (unpaired) electrons. The van der Waals surface area contributed by atoms with Gasteiger partial charge in [0.15, 0.2) is 0 Å². The smallest absolute Gasteiger partial charge is 0.309 e. The molecular weight excluding hydrogens is 499 g/mol. The fraction of sp³-hybridized carbons (Fsp3) is 0.643. The highest BCUT2D eigenvalue weighted by Crippen LogP contribution is 2.42. The number of hydrogen-bond donors (Lipinski definition) is 1. The molecule has 4 rings (SSSR count). The molecule has 2 heterocycles. The number of fused-ring (bicyclic) bond motifs is 1. The van der Waals surface area contributed by atoms with Crippen molar-refractivity contribution in [3.05, 3.63) is 35.0 Å². The molecule has 1 N–H and O–H groups in total. The number of carbonyl (C=O) groups is 1. The van der Waals surface area contributed by atoms with E-state index in [0.717, 1.165) is 31.3 Å². The van der Waals surface area contributed by atoms with Crippen LogP contribution in [0.2, 0.25) is 5.02 Å². The van der Waals surface area contributed by atoms with E-state index in [-0.39, 0.29) is 11.4 Å². The molecule has 0 unspecified atom stereocenters. The lowest BCUT2D eigenvalue weighted by molar-refractivity contribution is -0.153. The molecule has 5 nitrogen and oxygen atoms in total. The Morgan fingerprint density at radius 2 is 2.06 bits per heavy atom. The third kappa shape index (κ3) is 6.65. The Kier molecular flexibility index (Phi) is 9.76. The quantitative estimate of drug-likeness (QED) is 0.304. The zero-order valence-electron chi connectivity index (χ0n) is 21.2. The molecule has 1 atom stereocenters. The highest BCUT2D eigenvalue weighted by atomic mass is 35.5. The molecule has 36 heavy (non-hydrogen) atoms. The van der Waals surface area contributed by atoms with Crippen molar-refractivity contribution in [1.29, 1.82) is 0 Å². The Morgan fingerprint density at radius 3 is 2.75 bits per heavy atom. The van der Waals surface area contributed by atoms with Crippen LogP contribution < -0.4 is 4.74 Å². The van der Waals surface area contributed by atoms with E-state index >= 15 is 4.39 Å². The minimum atomic E-state index is -1.37. The molecule has 2 aromatic rings. The lowest BCUT2D eigenvalue weighted by atomic mass is 9.74. The van der Waals surface area contributed by atoms with Gasteiger partial charge in [0.2, 0.25) is 0 Å². The van der Waals surface area contributed by atoms with E-state index in [0.29, 0.717) is 41.5 Å². The minimum Gasteiger partial charge on any atom is -0.497 e. The van der Waals surface area contributed by atoms with Crippen LogP contribution in [0.25, 0.3) is 10.9 Å². The summed E-state index contributed by atoms with van der Waals surface area (Å²) in [6, 6.07) is 5.30. The number of ether oxygens (including phenoxy) is 1. The monoisotopic (exact) mass is 536 g/mol. The summed E-state index contributed by atoms with van der Waals surface area (Å²) in [5, 5.41) is 11.8. The van der Waals surface area contributed by atoms with Gasteiger partial charge < -0.3 is 14.7 Å². The van der Waals surface area contributed by atoms with Crippen LogP contribution in [-0.4, -0.2) is 58.7 Å². The Bertz CT molecular complexity index is 1030. The van der Waals surface area contributed by atoms with Gasteiger partial charge in [-0.25, -0.2) is 4.39 Å². The maximum absolute atomic E-state index is 15.6. The van der Waals surface area contributed by atoms with E-state index in [1.54, 1.807) is 25.3 Å². The van der Waals surface area contributed by atoms with Crippen molar-refractivity contribution in [2.24, 2.45) is 5.41 Å². The first-order valence-corrected chi connectivity index (χ1v) is 14.7. The lowest BCUT2D eigenvalue weighted by Gasteiger charge is -2.39. The zero-order valence-corrected chi connectivity index (χ0v) is 22.8. The number of carboxylic acid groups (broad SMARTS) is 1. The molecule has 1 aromatic heterocycles. The highest BCUT2D eigenvalue weighted by molar-refractivity contribution is 7.99. The molecule has 0 spiro atoms. The number of hydrogen-bond acceptors (Lipinski definition) is 5. The number of aliphatic carboxylic acids is 1. The van der Waals surface area contributed by atoms with Gasteiger partial charge in [0, 0.05) is 22.4 Å². The van der Waals surface area contributed by atoms with Gasteiger partial charge in [-0.3, -0.25) is 9.78 Å². The van der Waals surface area contributed by atoms with Gasteiger partial charge in [0.25, 0.3) is 0 Å². The summed E-state index contributed by atoms with van der Waals surface area (Å²) in [4.78, 5) is 19.0. The topological polar surface area (TPSA) is 62.7 Å². The molecule has 198 valence electrons. The van der Waals surface area contributed by atoms with Crippen molar-refractivity contribution in [1.82, 2.24) is 9.88 Å². The van der Waals surface area contributed by atoms with Gasteiger partial charge in [-0.15, -0.1) is 0 Å². The van der Waals surface area contributed by atoms with Crippen molar-refractivity contribution in [3.8, 4) is 5.75 Å². The predicted molar refractivity (Wildman–Crippen MR) is 146 cm³/mol. The summed E-state index contributed by atoms with van der Waals surface area (Å²) in [5.74, 6) is 0.973. The number of pyridine rings is 1. The van der Waals surface area contributed by atoms with Crippen LogP contribution in [0.4, 0.5) is 4.39 Å². The number of alkyl halides is 1. The fourth-order valence-corrected chi connectivity index (χ4v) is 7.27. The molecule has 2 fully saturated rings. The number of rotatable bonds is 11. The average Bonchev–Trinajstić information content (AvgIpc) is 2.90. The van der Waals surface area contributed by atoms with Crippen LogP contribution in [0.1, 0.15) is 75.9 Å². The van der Waals surface area contributed by atoms with Gasteiger partial charge >= 0.3 is 5.97 Å². The summed E-state index contributed by atoms with van der Waals surface area (Å²) in [5.41, 5.74) is 0.125. The second-order valence-electron chi connectivity index (χ2n) is 10.3. The van der Waals surface area contributed by atoms with E-state index in [2.05, 4.69) is 21.6 Å². The van der Waals surface area contributed by atoms with E-state index in [1.807, 2.05) is 0 Å². The lowest BCUT2D eigenvalue weighted by Crippen LogP contribution is -2.44. The van der Waals surface area contributed by atoms with Crippen LogP contribution in [0.5, 0.6) is 5.75 Å². The second kappa shape index (κ2) is 12.8. The Morgan fingerprint density at radius 1 is 1.31 bits per heavy atom. The van der Waals surface area contributed by atoms with Crippen LogP contribution >= 0.6 is 23.4 Å². The van der Waals surface area contributed by atoms with Gasteiger partial charge in [-0.05, 0) is 88.5 Å². The minimum absolute atomic E-state index is 0.111. The number of aromatic nitrogens is 1. The van der Waals surface area contributed by atoms with Crippen LogP contribution in [0.15, 0.2) is 24.4 Å². The molecule has 0 bridgehead atoms. The number of benzene rings is 1. The number of nitrogens with zero attached hydrogens (tertiary/aromatic N) is 2. The molecule has 1 aromatic carbocycles. The molecular formula is C28H38ClFN2O3S. The van der Waals surface area contributed by atoms with Gasteiger partial charge in [-0.1, -0.05) is 30.9 Å². The van der Waals surface area contributed by atoms with Crippen molar-refractivity contribution in [2.45, 2.75) is 75.6 Å². The molecule has 0 amide bonds. The molecule has 8 heteroatoms. The van der Waals surface area contributed by atoms with Gasteiger partial charge in [0.1, 0.15) is 11.9 Å². The van der Waals surface area contributed by atoms with Crippen molar-refractivity contribution in [2.75, 3.05) is 32.5 Å². The Balaban J connectivity index is 1.32. The average molecular weight is 537 g/mol. The van der Waals surface area contributed by atoms with Crippen molar-refractivity contribution in [3.63, 3.8) is 0 Å². The number of piperidine rings is 1. The third-order valence-corrected chi connectivity index (χ3v) is 9.82. The molecule has 2 aliphatic rings. The summed E-state index contributed by atoms with van der Waals surface area (Å²) >= 11 is 8.49. The molecule has 1 saturated heterocycles. The van der Waals surface area contributed by atoms with Crippen LogP contribution in [-0.2, 0) is 4.79 Å². The van der Waals surface area contributed by atoms with Crippen LogP contribution in [0, 0.1) is 5.41 Å². The largest absolute Gasteiger partial charge is 0.497 e. The maximum Gasteiger partial charge on any atom is 0.309 e. The third-order valence-electron chi connectivity index (χ3n) is 8.05. The van der Waals surface area contributed by atoms with Gasteiger partial charge in [0.05, 0.1) is 23.1 Å². The normalized spacial score (nSPS) is 19.9. The molecule has 1 aliphatic heterocycles. The first kappa shape index (κ1) is 27.5. The van der Waals surface area contributed by atoms with Gasteiger partial charge in [-0.2, -0.15) is 11.8 Å². The second-order valence-corrected chi connectivity index (χ2v) is 12.1. The standard InChI is InChI=1S/C28H38ClFN2O3S/c1-35-20-8-9-25-22(18-20)26(23(29)19-31-25)24(30)10-11-28(27(33)34)12-15-32(16-13-28)14-5-17-36-21-6-3-2-4-7-21/h8-9,18-19,21,24H,2-7,10-17H2,1H3,(H,33,34)/t24-/m1/s1. The first-order valence-electron chi connectivity index (χ1n) is 13.3. The van der Waals surface area contributed by atoms with E-state index < -0.39 is 17.6 Å². The number of methoxy groups -OCH3 is 1. The Labute approximate surface area is 223 Å². The summed E-state index contributed by atoms with van der Waals surface area (Å²) < 4.78 is 20.9. The fourth-order valence-electron chi connectivity index (χ4n) is 5.71. The van der Waals surface area contributed by atoms with Crippen molar-refractivity contribution >= 4 is 40.2 Å². The number of likely N-dealkylation sites (tertiary alicyclic amines) is 1. The predicted octanol–water partition coefficient (Wildman–Crippen LogP) is 7.31. The van der Waals surface area contributed by atoms with E-state index in [9.17, 15) is 9.90 Å². The molecule has 1 saturated carbocycles. The summed E-state index contributed by atoms with van der Waals surface area (Å²) in [6.07, 6.45) is 9.62. The van der Waals surface area contributed by atoms with E-state index in [4.69, 9.17) is 16.3 Å². The summed E-state index contributed by atoms with van der Waals surface area (Å²) in [6.45, 7) is 2.53. The van der Waals surface area contributed by atoms with Crippen LogP contribution in [0.3, 0.4) is 0 Å². The molecule has 1 aliphatic carbocycles. The number of thioether (sulfide) groups is 1. The van der Waals surface area contributed by atoms with Crippen molar-refractivity contribution < 1.29 is 19.0 Å². The SMILES string of the molecule is COc1ccc2ncc(Cl)c([C@H](F)CCC3(C(=O)O)CCN(CCCSC4CCCCC4)CC3)c2c1. The Hall–Kier alpha value is -1.57. The summed E-state index contributed by atoms with van der Waals surface area (Å²) in [7, 11) is 1.56. The number of carboxylic acids is 1. The number of halogens is 2.